The molecule has 0 unspecified atom stereocenters. The second kappa shape index (κ2) is 4.98. The molecule has 0 bridgehead atoms. The number of hydrogen-bond donors (Lipinski definition) is 2. The van der Waals surface area contributed by atoms with Crippen molar-refractivity contribution in [3.8, 4) is 0 Å². The summed E-state index contributed by atoms with van der Waals surface area (Å²) in [6.07, 6.45) is 1.70. The first-order chi connectivity index (χ1) is 10.1. The smallest absolute Gasteiger partial charge is 0.329 e. The summed E-state index contributed by atoms with van der Waals surface area (Å²) < 4.78 is 7.72. The minimum absolute atomic E-state index is 0.0859. The summed E-state index contributed by atoms with van der Waals surface area (Å²) in [4.78, 5) is 33.8. The molecular weight excluding hydrogens is 280 g/mol. The number of aryl methyl sites for hydroxylation is 1. The number of imidazole rings is 1. The highest BCUT2D eigenvalue weighted by Crippen LogP contribution is 2.07. The summed E-state index contributed by atoms with van der Waals surface area (Å²) >= 11 is 0. The zero-order valence-electron chi connectivity index (χ0n) is 11.1. The van der Waals surface area contributed by atoms with Gasteiger partial charge in [0.05, 0.1) is 25.9 Å². The lowest BCUT2D eigenvalue weighted by molar-refractivity contribution is 0.273. The molecule has 0 fully saturated rings. The van der Waals surface area contributed by atoms with E-state index < -0.39 is 11.2 Å². The molecule has 0 aromatic carbocycles. The highest BCUT2D eigenvalue weighted by molar-refractivity contribution is 5.69. The fraction of sp³-hybridized carbons (Fsp3) is 0.364. The van der Waals surface area contributed by atoms with Crippen LogP contribution in [0.4, 0.5) is 0 Å². The summed E-state index contributed by atoms with van der Waals surface area (Å²) in [5.74, 6) is 0.671. The van der Waals surface area contributed by atoms with Crippen LogP contribution in [0, 0.1) is 0 Å². The molecular formula is C11H12N6O4. The van der Waals surface area contributed by atoms with Crippen molar-refractivity contribution in [3.05, 3.63) is 38.9 Å². The zero-order valence-corrected chi connectivity index (χ0v) is 11.1. The van der Waals surface area contributed by atoms with Gasteiger partial charge in [0.25, 0.3) is 5.56 Å². The van der Waals surface area contributed by atoms with Gasteiger partial charge in [-0.2, -0.15) is 4.98 Å². The van der Waals surface area contributed by atoms with E-state index in [-0.39, 0.29) is 30.7 Å². The Morgan fingerprint density at radius 1 is 1.43 bits per heavy atom. The van der Waals surface area contributed by atoms with E-state index in [1.807, 2.05) is 0 Å². The van der Waals surface area contributed by atoms with Crippen LogP contribution < -0.4 is 11.2 Å². The molecule has 3 heterocycles. The average molecular weight is 292 g/mol. The maximum Gasteiger partial charge on any atom is 0.329 e. The van der Waals surface area contributed by atoms with Crippen LogP contribution in [0.5, 0.6) is 0 Å². The number of aliphatic hydroxyl groups is 1. The molecule has 2 N–H and O–H groups in total. The Bertz CT molecular complexity index is 901. The summed E-state index contributed by atoms with van der Waals surface area (Å²) in [6, 6.07) is 0. The number of nitrogens with zero attached hydrogens (tertiary/aromatic N) is 5. The van der Waals surface area contributed by atoms with Crippen LogP contribution in [0.25, 0.3) is 11.2 Å². The number of H-pyrrole nitrogens is 1. The van der Waals surface area contributed by atoms with Gasteiger partial charge in [-0.1, -0.05) is 5.16 Å². The molecule has 0 saturated carbocycles. The van der Waals surface area contributed by atoms with Crippen LogP contribution in [-0.4, -0.2) is 41.0 Å². The van der Waals surface area contributed by atoms with Crippen LogP contribution in [-0.2, 0) is 20.0 Å². The summed E-state index contributed by atoms with van der Waals surface area (Å²) in [5, 5.41) is 12.6. The zero-order chi connectivity index (χ0) is 15.0. The third-order valence-corrected chi connectivity index (χ3v) is 3.02. The van der Waals surface area contributed by atoms with Crippen LogP contribution in [0.1, 0.15) is 11.7 Å². The second-order valence-electron chi connectivity index (χ2n) is 4.44. The number of fused-ring (bicyclic) bond motifs is 1. The van der Waals surface area contributed by atoms with E-state index in [0.717, 1.165) is 0 Å². The molecule has 0 aliphatic rings. The quantitative estimate of drug-likeness (QED) is 0.591. The Kier molecular flexibility index (Phi) is 3.14. The molecule has 0 amide bonds. The van der Waals surface area contributed by atoms with E-state index in [2.05, 4.69) is 20.1 Å². The van der Waals surface area contributed by atoms with Crippen molar-refractivity contribution < 1.29 is 9.63 Å². The molecule has 0 aliphatic carbocycles. The van der Waals surface area contributed by atoms with Crippen LogP contribution in [0.15, 0.2) is 20.4 Å². The van der Waals surface area contributed by atoms with E-state index >= 15 is 0 Å². The predicted octanol–water partition coefficient (Wildman–Crippen LogP) is -1.61. The van der Waals surface area contributed by atoms with Gasteiger partial charge >= 0.3 is 5.69 Å². The van der Waals surface area contributed by atoms with Crippen LogP contribution in [0.3, 0.4) is 0 Å². The number of nitrogens with one attached hydrogen (secondary N) is 1. The summed E-state index contributed by atoms with van der Waals surface area (Å²) in [7, 11) is 1.52. The Hall–Kier alpha value is -2.75. The van der Waals surface area contributed by atoms with Gasteiger partial charge in [-0.15, -0.1) is 0 Å². The van der Waals surface area contributed by atoms with E-state index in [1.165, 1.54) is 22.5 Å². The first kappa shape index (κ1) is 13.2. The number of aromatic amines is 1. The third kappa shape index (κ3) is 2.25. The lowest BCUT2D eigenvalue weighted by Gasteiger charge is -2.00. The van der Waals surface area contributed by atoms with Crippen LogP contribution in [0.2, 0.25) is 0 Å². The van der Waals surface area contributed by atoms with Gasteiger partial charge in [0, 0.05) is 7.05 Å². The van der Waals surface area contributed by atoms with Crippen molar-refractivity contribution in [2.75, 3.05) is 6.61 Å². The molecule has 0 atom stereocenters. The fourth-order valence-corrected chi connectivity index (χ4v) is 2.01. The van der Waals surface area contributed by atoms with Crippen molar-refractivity contribution in [3.63, 3.8) is 0 Å². The van der Waals surface area contributed by atoms with Gasteiger partial charge in [0.15, 0.2) is 17.0 Å². The van der Waals surface area contributed by atoms with Crippen molar-refractivity contribution in [1.82, 2.24) is 29.2 Å². The first-order valence-corrected chi connectivity index (χ1v) is 6.16. The molecule has 3 aromatic heterocycles. The number of aromatic nitrogens is 6. The highest BCUT2D eigenvalue weighted by atomic mass is 16.5. The third-order valence-electron chi connectivity index (χ3n) is 3.02. The lowest BCUT2D eigenvalue weighted by atomic mass is 10.4. The molecule has 0 saturated heterocycles. The molecule has 0 radical (unpaired) electrons. The lowest BCUT2D eigenvalue weighted by Crippen LogP contribution is -2.29. The minimum Gasteiger partial charge on any atom is -0.396 e. The molecule has 3 rings (SSSR count). The van der Waals surface area contributed by atoms with Crippen molar-refractivity contribution in [2.45, 2.75) is 13.0 Å². The van der Waals surface area contributed by atoms with Gasteiger partial charge in [0.1, 0.15) is 0 Å². The topological polar surface area (TPSA) is 132 Å². The molecule has 3 aromatic rings. The van der Waals surface area contributed by atoms with Crippen LogP contribution >= 0.6 is 0 Å². The highest BCUT2D eigenvalue weighted by Gasteiger charge is 2.14. The van der Waals surface area contributed by atoms with Gasteiger partial charge in [-0.3, -0.25) is 14.3 Å². The van der Waals surface area contributed by atoms with Gasteiger partial charge in [-0.25, -0.2) is 9.78 Å². The maximum absolute atomic E-state index is 11.9. The molecule has 21 heavy (non-hydrogen) atoms. The average Bonchev–Trinajstić information content (AvgIpc) is 3.05. The molecule has 0 spiro atoms. The van der Waals surface area contributed by atoms with E-state index in [4.69, 9.17) is 9.63 Å². The minimum atomic E-state index is -0.525. The largest absolute Gasteiger partial charge is 0.396 e. The number of aliphatic hydroxyl groups excluding tert-OH is 1. The molecule has 10 nitrogen and oxygen atoms in total. The van der Waals surface area contributed by atoms with Crippen molar-refractivity contribution in [1.29, 1.82) is 0 Å². The van der Waals surface area contributed by atoms with E-state index in [1.54, 1.807) is 0 Å². The van der Waals surface area contributed by atoms with E-state index in [0.29, 0.717) is 11.7 Å². The molecule has 110 valence electrons. The summed E-state index contributed by atoms with van der Waals surface area (Å²) in [6.45, 7) is 0.0874. The Morgan fingerprint density at radius 3 is 3.00 bits per heavy atom. The predicted molar refractivity (Wildman–Crippen MR) is 69.8 cm³/mol. The van der Waals surface area contributed by atoms with Gasteiger partial charge in [-0.05, 0) is 0 Å². The normalized spacial score (nSPS) is 11.3. The maximum atomic E-state index is 11.9. The Labute approximate surface area is 116 Å². The summed E-state index contributed by atoms with van der Waals surface area (Å²) in [5.41, 5.74) is -0.513. The van der Waals surface area contributed by atoms with Crippen molar-refractivity contribution >= 4 is 11.2 Å². The molecule has 0 aliphatic heterocycles. The van der Waals surface area contributed by atoms with Gasteiger partial charge < -0.3 is 14.2 Å². The molecule has 10 heteroatoms. The van der Waals surface area contributed by atoms with Crippen molar-refractivity contribution in [2.24, 2.45) is 7.05 Å². The van der Waals surface area contributed by atoms with E-state index in [9.17, 15) is 9.59 Å². The Balaban J connectivity index is 2.03. The second-order valence-corrected chi connectivity index (χ2v) is 4.44. The Morgan fingerprint density at radius 2 is 2.24 bits per heavy atom. The number of hydrogen-bond acceptors (Lipinski definition) is 7. The first-order valence-electron chi connectivity index (χ1n) is 6.16. The monoisotopic (exact) mass is 292 g/mol. The fourth-order valence-electron chi connectivity index (χ4n) is 2.01. The standard InChI is InChI=1S/C11H12N6O4/c1-16-9-8(10(19)14-11(16)20)17(5-12-9)4-6-13-7(2-3-18)21-15-6/h5,18H,2-4H2,1H3,(H,14,19,20). The SMILES string of the molecule is Cn1c(=O)[nH]c(=O)c2c1ncn2Cc1noc(CCO)n1. The number of rotatable bonds is 4. The van der Waals surface area contributed by atoms with Gasteiger partial charge in [0.2, 0.25) is 5.89 Å².